The fraction of sp³-hybridized carbons (Fsp3) is 0.0625. The average molecular weight is 314 g/mol. The van der Waals surface area contributed by atoms with Gasteiger partial charge in [-0.1, -0.05) is 23.7 Å². The maximum Gasteiger partial charge on any atom is 0.251 e. The topological polar surface area (TPSA) is 89.1 Å². The molecular weight excluding hydrogens is 302 g/mol. The lowest BCUT2D eigenvalue weighted by Crippen LogP contribution is -2.12. The van der Waals surface area contributed by atoms with Gasteiger partial charge in [0.1, 0.15) is 0 Å². The highest BCUT2D eigenvalue weighted by molar-refractivity contribution is 6.38. The summed E-state index contributed by atoms with van der Waals surface area (Å²) in [5.41, 5.74) is 8.52. The van der Waals surface area contributed by atoms with Gasteiger partial charge in [0, 0.05) is 23.3 Å². The van der Waals surface area contributed by atoms with E-state index in [1.165, 1.54) is 6.20 Å². The Hall–Kier alpha value is -2.50. The number of fused-ring (bicyclic) bond motifs is 1. The van der Waals surface area contributed by atoms with E-state index in [0.717, 1.165) is 11.1 Å². The number of aromatic nitrogens is 2. The third kappa shape index (κ3) is 2.52. The third-order valence-corrected chi connectivity index (χ3v) is 3.79. The highest BCUT2D eigenvalue weighted by atomic mass is 35.5. The minimum absolute atomic E-state index is 0.101. The van der Waals surface area contributed by atoms with Crippen molar-refractivity contribution in [3.63, 3.8) is 0 Å². The molecule has 0 saturated heterocycles. The monoisotopic (exact) mass is 313 g/mol. The summed E-state index contributed by atoms with van der Waals surface area (Å²) < 4.78 is 0. The van der Waals surface area contributed by atoms with Gasteiger partial charge in [0.25, 0.3) is 5.91 Å². The summed E-state index contributed by atoms with van der Waals surface area (Å²) in [6.45, 7) is -0.101. The van der Waals surface area contributed by atoms with Crippen molar-refractivity contribution in [2.45, 2.75) is 6.61 Å². The van der Waals surface area contributed by atoms with Crippen molar-refractivity contribution in [3.8, 4) is 11.1 Å². The Morgan fingerprint density at radius 3 is 2.55 bits per heavy atom. The van der Waals surface area contributed by atoms with Crippen molar-refractivity contribution in [3.05, 3.63) is 59.0 Å². The van der Waals surface area contributed by atoms with E-state index >= 15 is 0 Å². The fourth-order valence-electron chi connectivity index (χ4n) is 2.20. The zero-order valence-electron chi connectivity index (χ0n) is 11.5. The predicted molar refractivity (Wildman–Crippen MR) is 84.4 cm³/mol. The van der Waals surface area contributed by atoms with E-state index in [1.54, 1.807) is 12.3 Å². The number of primary amides is 1. The summed E-state index contributed by atoms with van der Waals surface area (Å²) in [6, 6.07) is 9.16. The summed E-state index contributed by atoms with van der Waals surface area (Å²) in [5.74, 6) is -0.612. The number of carbonyl (C=O) groups excluding carboxylic acids is 1. The fourth-order valence-corrected chi connectivity index (χ4v) is 2.49. The molecule has 0 saturated carbocycles. The maximum absolute atomic E-state index is 11.4. The molecule has 0 atom stereocenters. The van der Waals surface area contributed by atoms with Gasteiger partial charge >= 0.3 is 0 Å². The molecule has 0 radical (unpaired) electrons. The van der Waals surface area contributed by atoms with E-state index in [4.69, 9.17) is 22.4 Å². The highest BCUT2D eigenvalue weighted by Gasteiger charge is 2.12. The maximum atomic E-state index is 11.4. The second-order valence-corrected chi connectivity index (χ2v) is 5.16. The van der Waals surface area contributed by atoms with Gasteiger partial charge in [-0.25, -0.2) is 0 Å². The van der Waals surface area contributed by atoms with Gasteiger partial charge in [-0.15, -0.1) is 0 Å². The Labute approximate surface area is 131 Å². The van der Waals surface area contributed by atoms with Crippen molar-refractivity contribution in [1.29, 1.82) is 0 Å². The lowest BCUT2D eigenvalue weighted by Gasteiger charge is -2.07. The smallest absolute Gasteiger partial charge is 0.251 e. The van der Waals surface area contributed by atoms with Gasteiger partial charge in [0.2, 0.25) is 0 Å². The second kappa shape index (κ2) is 5.71. The summed E-state index contributed by atoms with van der Waals surface area (Å²) in [4.78, 5) is 19.7. The number of hydrogen-bond donors (Lipinski definition) is 2. The molecule has 22 heavy (non-hydrogen) atoms. The molecule has 3 rings (SSSR count). The molecule has 0 aliphatic carbocycles. The SMILES string of the molecule is NC(=O)c1cnc2ccc(-c3ccc(CO)nc3)cc2c1Cl. The molecule has 0 bridgehead atoms. The van der Waals surface area contributed by atoms with Crippen molar-refractivity contribution in [2.24, 2.45) is 5.73 Å². The minimum atomic E-state index is -0.612. The molecule has 6 heteroatoms. The minimum Gasteiger partial charge on any atom is -0.390 e. The summed E-state index contributed by atoms with van der Waals surface area (Å²) in [5, 5.41) is 9.97. The number of halogens is 1. The number of nitrogens with zero attached hydrogens (tertiary/aromatic N) is 2. The molecule has 0 aliphatic heterocycles. The van der Waals surface area contributed by atoms with Gasteiger partial charge < -0.3 is 10.8 Å². The number of rotatable bonds is 3. The van der Waals surface area contributed by atoms with Crippen LogP contribution in [0.1, 0.15) is 16.1 Å². The Balaban J connectivity index is 2.15. The molecule has 0 unspecified atom stereocenters. The first-order chi connectivity index (χ1) is 10.6. The van der Waals surface area contributed by atoms with Crippen LogP contribution in [0.4, 0.5) is 0 Å². The van der Waals surface area contributed by atoms with Crippen LogP contribution >= 0.6 is 11.6 Å². The van der Waals surface area contributed by atoms with Crippen LogP contribution in [-0.2, 0) is 6.61 Å². The van der Waals surface area contributed by atoms with Crippen molar-refractivity contribution >= 4 is 28.4 Å². The van der Waals surface area contributed by atoms with Crippen molar-refractivity contribution in [1.82, 2.24) is 9.97 Å². The first-order valence-electron chi connectivity index (χ1n) is 6.54. The molecule has 0 fully saturated rings. The van der Waals surface area contributed by atoms with Gasteiger partial charge in [-0.05, 0) is 23.8 Å². The molecule has 3 aromatic rings. The second-order valence-electron chi connectivity index (χ2n) is 4.78. The van der Waals surface area contributed by atoms with Crippen LogP contribution in [0.3, 0.4) is 0 Å². The van der Waals surface area contributed by atoms with E-state index in [-0.39, 0.29) is 12.2 Å². The largest absolute Gasteiger partial charge is 0.390 e. The molecule has 0 spiro atoms. The van der Waals surface area contributed by atoms with Gasteiger partial charge in [-0.2, -0.15) is 0 Å². The normalized spacial score (nSPS) is 10.8. The number of aliphatic hydroxyl groups excluding tert-OH is 1. The molecule has 2 aromatic heterocycles. The standard InChI is InChI=1S/C16H12ClN3O2/c17-15-12-5-9(10-1-3-11(8-21)19-6-10)2-4-14(12)20-7-13(15)16(18)22/h1-7,21H,8H2,(H2,18,22). The van der Waals surface area contributed by atoms with Crippen molar-refractivity contribution < 1.29 is 9.90 Å². The molecule has 0 aliphatic rings. The lowest BCUT2D eigenvalue weighted by molar-refractivity contribution is 0.100. The van der Waals surface area contributed by atoms with Crippen LogP contribution in [0.2, 0.25) is 5.02 Å². The van der Waals surface area contributed by atoms with Crippen LogP contribution in [-0.4, -0.2) is 21.0 Å². The van der Waals surface area contributed by atoms with E-state index in [2.05, 4.69) is 9.97 Å². The molecule has 3 N–H and O–H groups in total. The number of hydrogen-bond acceptors (Lipinski definition) is 4. The summed E-state index contributed by atoms with van der Waals surface area (Å²) >= 11 is 6.25. The van der Waals surface area contributed by atoms with E-state index in [1.807, 2.05) is 24.3 Å². The number of pyridine rings is 2. The van der Waals surface area contributed by atoms with Gasteiger partial charge in [0.05, 0.1) is 28.4 Å². The molecular formula is C16H12ClN3O2. The van der Waals surface area contributed by atoms with Crippen LogP contribution in [0.5, 0.6) is 0 Å². The van der Waals surface area contributed by atoms with E-state index in [9.17, 15) is 4.79 Å². The summed E-state index contributed by atoms with van der Waals surface area (Å²) in [7, 11) is 0. The summed E-state index contributed by atoms with van der Waals surface area (Å²) in [6.07, 6.45) is 3.05. The molecule has 5 nitrogen and oxygen atoms in total. The molecule has 2 heterocycles. The molecule has 1 amide bonds. The zero-order chi connectivity index (χ0) is 15.7. The number of benzene rings is 1. The van der Waals surface area contributed by atoms with Crippen LogP contribution in [0.25, 0.3) is 22.0 Å². The zero-order valence-corrected chi connectivity index (χ0v) is 12.2. The van der Waals surface area contributed by atoms with Crippen LogP contribution in [0, 0.1) is 0 Å². The quantitative estimate of drug-likeness (QED) is 0.777. The van der Waals surface area contributed by atoms with Gasteiger partial charge in [-0.3, -0.25) is 14.8 Å². The predicted octanol–water partition coefficient (Wildman–Crippen LogP) is 2.54. The Kier molecular flexibility index (Phi) is 3.75. The van der Waals surface area contributed by atoms with Crippen LogP contribution in [0.15, 0.2) is 42.7 Å². The number of nitrogens with two attached hydrogens (primary N) is 1. The third-order valence-electron chi connectivity index (χ3n) is 3.39. The first-order valence-corrected chi connectivity index (χ1v) is 6.92. The average Bonchev–Trinajstić information content (AvgIpc) is 2.55. The first kappa shape index (κ1) is 14.4. The number of amides is 1. The Morgan fingerprint density at radius 1 is 1.14 bits per heavy atom. The number of carbonyl (C=O) groups is 1. The van der Waals surface area contributed by atoms with Gasteiger partial charge in [0.15, 0.2) is 0 Å². The molecule has 110 valence electrons. The van der Waals surface area contributed by atoms with Crippen molar-refractivity contribution in [2.75, 3.05) is 0 Å². The molecule has 1 aromatic carbocycles. The van der Waals surface area contributed by atoms with Crippen LogP contribution < -0.4 is 5.73 Å². The Bertz CT molecular complexity index is 863. The lowest BCUT2D eigenvalue weighted by atomic mass is 10.0. The van der Waals surface area contributed by atoms with E-state index < -0.39 is 5.91 Å². The number of aliphatic hydroxyl groups is 1. The highest BCUT2D eigenvalue weighted by Crippen LogP contribution is 2.29. The van der Waals surface area contributed by atoms with E-state index in [0.29, 0.717) is 21.6 Å². The Morgan fingerprint density at radius 2 is 1.91 bits per heavy atom.